The maximum atomic E-state index is 4.97. The van der Waals surface area contributed by atoms with E-state index in [1.807, 2.05) is 6.07 Å². The van der Waals surface area contributed by atoms with Gasteiger partial charge in [-0.3, -0.25) is 5.10 Å². The molecule has 17 heavy (non-hydrogen) atoms. The number of halogens is 1. The number of nitrogens with one attached hydrogen (secondary N) is 2. The number of H-pyrrole nitrogens is 1. The van der Waals surface area contributed by atoms with E-state index in [-0.39, 0.29) is 0 Å². The minimum Gasteiger partial charge on any atom is -0.383 e. The molecule has 90 valence electrons. The summed E-state index contributed by atoms with van der Waals surface area (Å²) in [5.41, 5.74) is 2.15. The highest BCUT2D eigenvalue weighted by Crippen LogP contribution is 2.20. The van der Waals surface area contributed by atoms with Crippen LogP contribution in [0, 0.1) is 3.57 Å². The molecular formula is C12H14IN3O. The Kier molecular flexibility index (Phi) is 4.38. The van der Waals surface area contributed by atoms with Crippen molar-refractivity contribution >= 4 is 28.4 Å². The van der Waals surface area contributed by atoms with Crippen LogP contribution in [0.25, 0.3) is 11.3 Å². The summed E-state index contributed by atoms with van der Waals surface area (Å²) in [4.78, 5) is 0. The Labute approximate surface area is 114 Å². The van der Waals surface area contributed by atoms with Crippen LogP contribution in [-0.4, -0.2) is 30.5 Å². The second-order valence-electron chi connectivity index (χ2n) is 3.59. The number of nitrogens with zero attached hydrogens (tertiary/aromatic N) is 1. The van der Waals surface area contributed by atoms with E-state index in [1.54, 1.807) is 7.11 Å². The zero-order valence-electron chi connectivity index (χ0n) is 9.53. The van der Waals surface area contributed by atoms with E-state index in [0.29, 0.717) is 6.61 Å². The molecule has 0 radical (unpaired) electrons. The molecule has 0 unspecified atom stereocenters. The van der Waals surface area contributed by atoms with Crippen molar-refractivity contribution in [2.24, 2.45) is 0 Å². The molecule has 0 spiro atoms. The van der Waals surface area contributed by atoms with Crippen LogP contribution in [0.1, 0.15) is 0 Å². The molecule has 0 bridgehead atoms. The first kappa shape index (κ1) is 12.4. The topological polar surface area (TPSA) is 49.9 Å². The van der Waals surface area contributed by atoms with Crippen LogP contribution >= 0.6 is 22.6 Å². The highest BCUT2D eigenvalue weighted by molar-refractivity contribution is 14.1. The number of aromatic nitrogens is 2. The summed E-state index contributed by atoms with van der Waals surface area (Å²) >= 11 is 2.29. The fourth-order valence-electron chi connectivity index (χ4n) is 1.47. The minimum absolute atomic E-state index is 0.672. The number of anilines is 1. The molecule has 0 amide bonds. The van der Waals surface area contributed by atoms with Crippen LogP contribution < -0.4 is 5.32 Å². The van der Waals surface area contributed by atoms with E-state index in [1.165, 1.54) is 3.57 Å². The first-order valence-electron chi connectivity index (χ1n) is 5.34. The molecule has 0 saturated carbocycles. The van der Waals surface area contributed by atoms with Crippen molar-refractivity contribution in [1.29, 1.82) is 0 Å². The SMILES string of the molecule is COCCNc1cc(-c2ccc(I)cc2)[nH]n1. The Morgan fingerprint density at radius 1 is 1.35 bits per heavy atom. The van der Waals surface area contributed by atoms with Crippen molar-refractivity contribution < 1.29 is 4.74 Å². The number of rotatable bonds is 5. The largest absolute Gasteiger partial charge is 0.383 e. The molecule has 2 N–H and O–H groups in total. The average Bonchev–Trinajstić information content (AvgIpc) is 2.79. The lowest BCUT2D eigenvalue weighted by Crippen LogP contribution is -2.07. The maximum Gasteiger partial charge on any atom is 0.148 e. The first-order valence-corrected chi connectivity index (χ1v) is 6.41. The Morgan fingerprint density at radius 3 is 2.82 bits per heavy atom. The predicted molar refractivity (Wildman–Crippen MR) is 77.1 cm³/mol. The highest BCUT2D eigenvalue weighted by Gasteiger charge is 2.02. The lowest BCUT2D eigenvalue weighted by Gasteiger charge is -1.99. The van der Waals surface area contributed by atoms with Gasteiger partial charge >= 0.3 is 0 Å². The van der Waals surface area contributed by atoms with Crippen LogP contribution in [0.3, 0.4) is 0 Å². The van der Waals surface area contributed by atoms with Gasteiger partial charge < -0.3 is 10.1 Å². The quantitative estimate of drug-likeness (QED) is 0.648. The number of benzene rings is 1. The lowest BCUT2D eigenvalue weighted by atomic mass is 10.2. The number of aromatic amines is 1. The summed E-state index contributed by atoms with van der Waals surface area (Å²) in [6, 6.07) is 10.3. The van der Waals surface area contributed by atoms with Gasteiger partial charge in [0.25, 0.3) is 0 Å². The molecule has 0 saturated heterocycles. The van der Waals surface area contributed by atoms with E-state index in [4.69, 9.17) is 4.74 Å². The number of methoxy groups -OCH3 is 1. The third-order valence-corrected chi connectivity index (χ3v) is 3.06. The van der Waals surface area contributed by atoms with Gasteiger partial charge in [-0.05, 0) is 40.3 Å². The van der Waals surface area contributed by atoms with Crippen molar-refractivity contribution in [1.82, 2.24) is 10.2 Å². The average molecular weight is 343 g/mol. The number of hydrogen-bond donors (Lipinski definition) is 2. The molecule has 1 aromatic carbocycles. The summed E-state index contributed by atoms with van der Waals surface area (Å²) in [7, 11) is 1.68. The van der Waals surface area contributed by atoms with Gasteiger partial charge in [0, 0.05) is 23.3 Å². The fraction of sp³-hybridized carbons (Fsp3) is 0.250. The summed E-state index contributed by atoms with van der Waals surface area (Å²) in [6.45, 7) is 1.43. The fourth-order valence-corrected chi connectivity index (χ4v) is 1.83. The van der Waals surface area contributed by atoms with Crippen LogP contribution in [0.4, 0.5) is 5.82 Å². The van der Waals surface area contributed by atoms with E-state index < -0.39 is 0 Å². The van der Waals surface area contributed by atoms with E-state index in [0.717, 1.165) is 23.6 Å². The van der Waals surface area contributed by atoms with Gasteiger partial charge in [-0.1, -0.05) is 12.1 Å². The van der Waals surface area contributed by atoms with Crippen molar-refractivity contribution in [3.8, 4) is 11.3 Å². The number of ether oxygens (including phenoxy) is 1. The van der Waals surface area contributed by atoms with Crippen LogP contribution in [0.15, 0.2) is 30.3 Å². The lowest BCUT2D eigenvalue weighted by molar-refractivity contribution is 0.210. The molecule has 0 fully saturated rings. The predicted octanol–water partition coefficient (Wildman–Crippen LogP) is 2.74. The second-order valence-corrected chi connectivity index (χ2v) is 4.84. The third-order valence-electron chi connectivity index (χ3n) is 2.35. The zero-order chi connectivity index (χ0) is 12.1. The van der Waals surface area contributed by atoms with Crippen molar-refractivity contribution in [2.45, 2.75) is 0 Å². The molecule has 0 aliphatic rings. The smallest absolute Gasteiger partial charge is 0.148 e. The Hall–Kier alpha value is -1.08. The molecule has 1 aromatic heterocycles. The zero-order valence-corrected chi connectivity index (χ0v) is 11.7. The van der Waals surface area contributed by atoms with E-state index >= 15 is 0 Å². The van der Waals surface area contributed by atoms with Crippen molar-refractivity contribution in [2.75, 3.05) is 25.6 Å². The molecular weight excluding hydrogens is 329 g/mol. The summed E-state index contributed by atoms with van der Waals surface area (Å²) in [5.74, 6) is 0.843. The van der Waals surface area contributed by atoms with Gasteiger partial charge in [0.2, 0.25) is 0 Å². The van der Waals surface area contributed by atoms with Crippen LogP contribution in [-0.2, 0) is 4.74 Å². The Balaban J connectivity index is 2.04. The summed E-state index contributed by atoms with van der Waals surface area (Å²) < 4.78 is 6.19. The monoisotopic (exact) mass is 343 g/mol. The molecule has 2 aromatic rings. The van der Waals surface area contributed by atoms with Gasteiger partial charge in [0.1, 0.15) is 5.82 Å². The van der Waals surface area contributed by atoms with E-state index in [2.05, 4.69) is 62.4 Å². The highest BCUT2D eigenvalue weighted by atomic mass is 127. The summed E-state index contributed by atoms with van der Waals surface area (Å²) in [5, 5.41) is 10.4. The van der Waals surface area contributed by atoms with Crippen LogP contribution in [0.5, 0.6) is 0 Å². The van der Waals surface area contributed by atoms with Gasteiger partial charge in [-0.15, -0.1) is 0 Å². The van der Waals surface area contributed by atoms with Crippen molar-refractivity contribution in [3.63, 3.8) is 0 Å². The maximum absolute atomic E-state index is 4.97. The standard InChI is InChI=1S/C12H14IN3O/c1-17-7-6-14-12-8-11(15-16-12)9-2-4-10(13)5-3-9/h2-5,8H,6-7H2,1H3,(H2,14,15,16). The Morgan fingerprint density at radius 2 is 2.12 bits per heavy atom. The van der Waals surface area contributed by atoms with Crippen molar-refractivity contribution in [3.05, 3.63) is 33.9 Å². The van der Waals surface area contributed by atoms with E-state index in [9.17, 15) is 0 Å². The second kappa shape index (κ2) is 6.02. The molecule has 0 aliphatic heterocycles. The van der Waals surface area contributed by atoms with Gasteiger partial charge in [-0.25, -0.2) is 0 Å². The molecule has 0 aliphatic carbocycles. The summed E-state index contributed by atoms with van der Waals surface area (Å²) in [6.07, 6.45) is 0. The van der Waals surface area contributed by atoms with Gasteiger partial charge in [0.05, 0.1) is 12.3 Å². The molecule has 0 atom stereocenters. The van der Waals surface area contributed by atoms with Gasteiger partial charge in [-0.2, -0.15) is 5.10 Å². The molecule has 2 rings (SSSR count). The minimum atomic E-state index is 0.672. The number of hydrogen-bond acceptors (Lipinski definition) is 3. The molecule has 4 nitrogen and oxygen atoms in total. The third kappa shape index (κ3) is 3.44. The van der Waals surface area contributed by atoms with Gasteiger partial charge in [0.15, 0.2) is 0 Å². The van der Waals surface area contributed by atoms with Crippen LogP contribution in [0.2, 0.25) is 0 Å². The molecule has 1 heterocycles. The molecule has 5 heteroatoms. The normalized spacial score (nSPS) is 10.5. The Bertz CT molecular complexity index is 467. The first-order chi connectivity index (χ1) is 8.29.